The maximum absolute atomic E-state index is 12.7. The first-order valence-electron chi connectivity index (χ1n) is 12.2. The van der Waals surface area contributed by atoms with E-state index in [1.807, 2.05) is 68.4 Å². The summed E-state index contributed by atoms with van der Waals surface area (Å²) in [6.07, 6.45) is 0.883. The molecule has 0 spiro atoms. The minimum absolute atomic E-state index is 0.0465. The van der Waals surface area contributed by atoms with E-state index in [0.717, 1.165) is 47.2 Å². The smallest absolute Gasteiger partial charge is 0.165 e. The lowest BCUT2D eigenvalue weighted by Crippen LogP contribution is -2.50. The molecule has 3 aromatic carbocycles. The molecule has 0 saturated carbocycles. The summed E-state index contributed by atoms with van der Waals surface area (Å²) in [6, 6.07) is 21.3. The first-order valence-corrected chi connectivity index (χ1v) is 12.2. The molecule has 0 radical (unpaired) electrons. The number of hydrogen-bond acceptors (Lipinski definition) is 6. The first kappa shape index (κ1) is 23.7. The van der Waals surface area contributed by atoms with E-state index in [4.69, 9.17) is 13.9 Å². The number of hydrogen-bond donors (Lipinski definition) is 1. The SMILES string of the molecule is CCC(C)C(=O)c1ccc(-c2cc3cccc(-c4ccc(OC5CNC5)c(C#N)c4)c3o2)c(OC)c1. The van der Waals surface area contributed by atoms with Crippen molar-refractivity contribution in [2.45, 2.75) is 26.4 Å². The van der Waals surface area contributed by atoms with Crippen LogP contribution in [0.3, 0.4) is 0 Å². The zero-order valence-electron chi connectivity index (χ0n) is 20.6. The number of nitrogens with one attached hydrogen (secondary N) is 1. The van der Waals surface area contributed by atoms with Crippen molar-refractivity contribution in [2.75, 3.05) is 20.2 Å². The van der Waals surface area contributed by atoms with Gasteiger partial charge < -0.3 is 19.2 Å². The van der Waals surface area contributed by atoms with Crippen LogP contribution in [0.25, 0.3) is 33.4 Å². The Hall–Kier alpha value is -4.08. The van der Waals surface area contributed by atoms with Gasteiger partial charge in [0.05, 0.1) is 18.2 Å². The predicted molar refractivity (Wildman–Crippen MR) is 139 cm³/mol. The number of nitrogens with zero attached hydrogens (tertiary/aromatic N) is 1. The Morgan fingerprint density at radius 1 is 1.11 bits per heavy atom. The van der Waals surface area contributed by atoms with Crippen molar-refractivity contribution in [3.8, 4) is 40.0 Å². The molecular weight excluding hydrogens is 452 g/mol. The molecule has 1 unspecified atom stereocenters. The Labute approximate surface area is 210 Å². The molecule has 5 rings (SSSR count). The van der Waals surface area contributed by atoms with Crippen LogP contribution in [-0.4, -0.2) is 32.1 Å². The van der Waals surface area contributed by atoms with Crippen LogP contribution in [0.4, 0.5) is 0 Å². The number of ketones is 1. The predicted octanol–water partition coefficient (Wildman–Crippen LogP) is 6.23. The lowest BCUT2D eigenvalue weighted by molar-refractivity contribution is 0.0927. The molecule has 1 saturated heterocycles. The van der Waals surface area contributed by atoms with Crippen molar-refractivity contribution in [3.63, 3.8) is 0 Å². The van der Waals surface area contributed by atoms with Crippen LogP contribution in [0.2, 0.25) is 0 Å². The quantitative estimate of drug-likeness (QED) is 0.301. The van der Waals surface area contributed by atoms with Gasteiger partial charge in [0.2, 0.25) is 0 Å². The standard InChI is InChI=1S/C30H28N2O4/c1-4-18(2)29(33)20-8-10-25(27(13-20)34-3)28-14-21-6-5-7-24(30(21)36-28)19-9-11-26(22(12-19)15-31)35-23-16-32-17-23/h5-14,18,23,32H,4,16-17H2,1-3H3. The molecule has 6 heteroatoms. The third-order valence-corrected chi connectivity index (χ3v) is 6.80. The number of nitriles is 1. The molecule has 6 nitrogen and oxygen atoms in total. The summed E-state index contributed by atoms with van der Waals surface area (Å²) in [4.78, 5) is 12.7. The fourth-order valence-corrected chi connectivity index (χ4v) is 4.35. The second kappa shape index (κ2) is 9.88. The zero-order valence-corrected chi connectivity index (χ0v) is 20.6. The molecule has 4 aromatic rings. The highest BCUT2D eigenvalue weighted by Crippen LogP contribution is 2.39. The Morgan fingerprint density at radius 3 is 2.64 bits per heavy atom. The Bertz CT molecular complexity index is 1480. The zero-order chi connectivity index (χ0) is 25.2. The lowest BCUT2D eigenvalue weighted by Gasteiger charge is -2.28. The molecule has 1 fully saturated rings. The number of para-hydroxylation sites is 1. The number of Topliss-reactive ketones (excluding diaryl/α,β-unsaturated/α-hetero) is 1. The van der Waals surface area contributed by atoms with Crippen molar-refractivity contribution in [2.24, 2.45) is 5.92 Å². The minimum atomic E-state index is -0.0465. The molecule has 0 amide bonds. The summed E-state index contributed by atoms with van der Waals surface area (Å²) in [6.45, 7) is 5.52. The van der Waals surface area contributed by atoms with Crippen LogP contribution in [0, 0.1) is 17.2 Å². The monoisotopic (exact) mass is 480 g/mol. The van der Waals surface area contributed by atoms with Gasteiger partial charge >= 0.3 is 0 Å². The number of rotatable bonds is 8. The van der Waals surface area contributed by atoms with Gasteiger partial charge in [0.15, 0.2) is 5.78 Å². The van der Waals surface area contributed by atoms with Gasteiger partial charge in [-0.25, -0.2) is 0 Å². The average molecular weight is 481 g/mol. The highest BCUT2D eigenvalue weighted by atomic mass is 16.5. The van der Waals surface area contributed by atoms with Gasteiger partial charge in [-0.3, -0.25) is 4.79 Å². The Kier molecular flexibility index (Phi) is 6.49. The fourth-order valence-electron chi connectivity index (χ4n) is 4.35. The third-order valence-electron chi connectivity index (χ3n) is 6.80. The van der Waals surface area contributed by atoms with Crippen LogP contribution in [0.1, 0.15) is 36.2 Å². The van der Waals surface area contributed by atoms with E-state index >= 15 is 0 Å². The lowest BCUT2D eigenvalue weighted by atomic mass is 9.95. The van der Waals surface area contributed by atoms with Crippen molar-refractivity contribution in [1.82, 2.24) is 5.32 Å². The Balaban J connectivity index is 1.53. The molecule has 0 aliphatic carbocycles. The molecule has 1 aliphatic rings. The summed E-state index contributed by atoms with van der Waals surface area (Å²) in [5, 5.41) is 13.8. The highest BCUT2D eigenvalue weighted by molar-refractivity contribution is 5.99. The topological polar surface area (TPSA) is 84.5 Å². The molecular formula is C30H28N2O4. The van der Waals surface area contributed by atoms with E-state index in [-0.39, 0.29) is 17.8 Å². The molecule has 182 valence electrons. The van der Waals surface area contributed by atoms with E-state index in [1.54, 1.807) is 13.2 Å². The van der Waals surface area contributed by atoms with E-state index in [9.17, 15) is 10.1 Å². The summed E-state index contributed by atoms with van der Waals surface area (Å²) in [5.41, 5.74) is 4.37. The minimum Gasteiger partial charge on any atom is -0.496 e. The number of methoxy groups -OCH3 is 1. The van der Waals surface area contributed by atoms with Crippen molar-refractivity contribution >= 4 is 16.8 Å². The maximum atomic E-state index is 12.7. The summed E-state index contributed by atoms with van der Waals surface area (Å²) in [5.74, 6) is 1.88. The summed E-state index contributed by atoms with van der Waals surface area (Å²) >= 11 is 0. The molecule has 0 bridgehead atoms. The maximum Gasteiger partial charge on any atom is 0.165 e. The highest BCUT2D eigenvalue weighted by Gasteiger charge is 2.21. The van der Waals surface area contributed by atoms with Gasteiger partial charge in [-0.05, 0) is 42.3 Å². The third kappa shape index (κ3) is 4.34. The summed E-state index contributed by atoms with van der Waals surface area (Å²) in [7, 11) is 1.59. The van der Waals surface area contributed by atoms with Gasteiger partial charge in [-0.15, -0.1) is 0 Å². The van der Waals surface area contributed by atoms with Crippen molar-refractivity contribution < 1.29 is 18.7 Å². The number of fused-ring (bicyclic) bond motifs is 1. The van der Waals surface area contributed by atoms with Gasteiger partial charge in [-0.2, -0.15) is 5.26 Å². The normalized spacial score (nSPS) is 14.2. The first-order chi connectivity index (χ1) is 17.5. The number of carbonyl (C=O) groups is 1. The number of furan rings is 1. The average Bonchev–Trinajstić information content (AvgIpc) is 3.33. The van der Waals surface area contributed by atoms with Gasteiger partial charge in [-0.1, -0.05) is 44.2 Å². The van der Waals surface area contributed by atoms with Crippen LogP contribution in [-0.2, 0) is 0 Å². The van der Waals surface area contributed by atoms with Crippen LogP contribution >= 0.6 is 0 Å². The van der Waals surface area contributed by atoms with E-state index < -0.39 is 0 Å². The second-order valence-electron chi connectivity index (χ2n) is 9.14. The van der Waals surface area contributed by atoms with Crippen molar-refractivity contribution in [1.29, 1.82) is 5.26 Å². The molecule has 36 heavy (non-hydrogen) atoms. The number of carbonyl (C=O) groups excluding carboxylic acids is 1. The molecule has 1 atom stereocenters. The second-order valence-corrected chi connectivity index (χ2v) is 9.14. The number of benzene rings is 3. The van der Waals surface area contributed by atoms with E-state index in [2.05, 4.69) is 11.4 Å². The van der Waals surface area contributed by atoms with Crippen LogP contribution in [0.15, 0.2) is 65.1 Å². The summed E-state index contributed by atoms with van der Waals surface area (Å²) < 4.78 is 17.9. The Morgan fingerprint density at radius 2 is 1.94 bits per heavy atom. The molecule has 2 heterocycles. The fraction of sp³-hybridized carbons (Fsp3) is 0.267. The van der Waals surface area contributed by atoms with Crippen LogP contribution in [0.5, 0.6) is 11.5 Å². The van der Waals surface area contributed by atoms with E-state index in [1.165, 1.54) is 0 Å². The molecule has 1 aromatic heterocycles. The van der Waals surface area contributed by atoms with Crippen LogP contribution < -0.4 is 14.8 Å². The van der Waals surface area contributed by atoms with Gasteiger partial charge in [0.25, 0.3) is 0 Å². The molecule has 1 N–H and O–H groups in total. The van der Waals surface area contributed by atoms with E-state index in [0.29, 0.717) is 28.4 Å². The van der Waals surface area contributed by atoms with Crippen molar-refractivity contribution in [3.05, 3.63) is 71.8 Å². The number of ether oxygens (including phenoxy) is 2. The van der Waals surface area contributed by atoms with Gasteiger partial charge in [0.1, 0.15) is 35.0 Å². The largest absolute Gasteiger partial charge is 0.496 e. The van der Waals surface area contributed by atoms with Gasteiger partial charge in [0, 0.05) is 35.5 Å². The molecule has 1 aliphatic heterocycles.